The van der Waals surface area contributed by atoms with Crippen molar-refractivity contribution in [1.82, 2.24) is 4.57 Å². The molecule has 0 aliphatic heterocycles. The van der Waals surface area contributed by atoms with Crippen LogP contribution in [0.3, 0.4) is 0 Å². The van der Waals surface area contributed by atoms with E-state index in [1.54, 1.807) is 18.4 Å². The normalized spacial score (nSPS) is 13.0. The molecule has 0 amide bonds. The summed E-state index contributed by atoms with van der Waals surface area (Å²) in [5.74, 6) is -1.01. The average molecular weight is 365 g/mol. The second kappa shape index (κ2) is 12.4. The number of carbonyl (C=O) groups is 2. The maximum atomic E-state index is 12.5. The number of ether oxygens (including phenoxy) is 2. The van der Waals surface area contributed by atoms with Crippen LogP contribution >= 0.6 is 0 Å². The third kappa shape index (κ3) is 6.48. The summed E-state index contributed by atoms with van der Waals surface area (Å²) >= 11 is 0. The zero-order valence-electron chi connectivity index (χ0n) is 15.6. The molecule has 0 rings (SSSR count). The number of hydrogen-bond donors (Lipinski definition) is 0. The molecule has 0 spiro atoms. The Morgan fingerprint density at radius 3 is 1.96 bits per heavy atom. The van der Waals surface area contributed by atoms with Crippen molar-refractivity contribution >= 4 is 20.9 Å². The first-order valence-corrected chi connectivity index (χ1v) is 9.96. The Hall–Kier alpha value is -1.00. The molecule has 1 unspecified atom stereocenters. The fourth-order valence-corrected chi connectivity index (χ4v) is 4.84. The topological polar surface area (TPSA) is 83.5 Å². The molecule has 9 heteroatoms. The Labute approximate surface area is 145 Å². The van der Waals surface area contributed by atoms with Crippen molar-refractivity contribution in [2.75, 3.05) is 40.6 Å². The highest BCUT2D eigenvalue weighted by Gasteiger charge is 2.52. The lowest BCUT2D eigenvalue weighted by molar-refractivity contribution is -0.156. The molecular weight excluding hydrogens is 334 g/mol. The highest BCUT2D eigenvalue weighted by molar-refractivity contribution is 6.58. The summed E-state index contributed by atoms with van der Waals surface area (Å²) in [6.45, 7) is 8.45. The minimum absolute atomic E-state index is 0.152. The van der Waals surface area contributed by atoms with Crippen molar-refractivity contribution in [1.29, 1.82) is 0 Å². The summed E-state index contributed by atoms with van der Waals surface area (Å²) in [5, 5.41) is 0. The van der Waals surface area contributed by atoms with Gasteiger partial charge in [-0.3, -0.25) is 9.59 Å². The molecule has 0 aromatic carbocycles. The van der Waals surface area contributed by atoms with Gasteiger partial charge >= 0.3 is 20.9 Å². The first-order chi connectivity index (χ1) is 11.5. The van der Waals surface area contributed by atoms with Crippen LogP contribution in [0.5, 0.6) is 0 Å². The van der Waals surface area contributed by atoms with E-state index in [1.165, 1.54) is 14.2 Å². The largest absolute Gasteiger partial charge is 0.599 e. The first kappa shape index (κ1) is 23.0. The molecule has 24 heavy (non-hydrogen) atoms. The van der Waals surface area contributed by atoms with Gasteiger partial charge < -0.3 is 22.8 Å². The smallest absolute Gasteiger partial charge is 0.466 e. The van der Waals surface area contributed by atoms with Crippen LogP contribution in [0.15, 0.2) is 0 Å². The van der Waals surface area contributed by atoms with E-state index in [-0.39, 0.29) is 19.6 Å². The van der Waals surface area contributed by atoms with E-state index < -0.39 is 26.9 Å². The minimum Gasteiger partial charge on any atom is -0.466 e. The van der Waals surface area contributed by atoms with E-state index in [0.717, 1.165) is 0 Å². The van der Waals surface area contributed by atoms with Gasteiger partial charge in [-0.2, -0.15) is 0 Å². The monoisotopic (exact) mass is 365 g/mol. The standard InChI is InChI=1S/C15H31NO7Si/c1-7-11-16(24(19-5,20-6)23-10-4)13(15(18)22-9-3)12-14(17)21-8-2/h13H,7-12H2,1-6H3. The van der Waals surface area contributed by atoms with Gasteiger partial charge in [-0.05, 0) is 33.7 Å². The van der Waals surface area contributed by atoms with Gasteiger partial charge in [-0.15, -0.1) is 0 Å². The highest BCUT2D eigenvalue weighted by atomic mass is 28.4. The van der Waals surface area contributed by atoms with Crippen LogP contribution in [-0.4, -0.2) is 72.1 Å². The Morgan fingerprint density at radius 1 is 0.958 bits per heavy atom. The first-order valence-electron chi connectivity index (χ1n) is 8.29. The molecule has 0 heterocycles. The fourth-order valence-electron chi connectivity index (χ4n) is 2.36. The van der Waals surface area contributed by atoms with Gasteiger partial charge in [0.05, 0.1) is 19.6 Å². The summed E-state index contributed by atoms with van der Waals surface area (Å²) in [6.07, 6.45) is 0.564. The van der Waals surface area contributed by atoms with E-state index in [1.807, 2.05) is 13.8 Å². The molecule has 0 aromatic rings. The summed E-state index contributed by atoms with van der Waals surface area (Å²) in [7, 11) is -0.368. The maximum absolute atomic E-state index is 12.5. The molecule has 0 saturated heterocycles. The average Bonchev–Trinajstić information content (AvgIpc) is 2.56. The van der Waals surface area contributed by atoms with Crippen molar-refractivity contribution in [3.63, 3.8) is 0 Å². The summed E-state index contributed by atoms with van der Waals surface area (Å²) < 4.78 is 28.7. The molecule has 142 valence electrons. The molecule has 0 bridgehead atoms. The van der Waals surface area contributed by atoms with E-state index in [4.69, 9.17) is 22.8 Å². The molecule has 1 atom stereocenters. The third-order valence-corrected chi connectivity index (χ3v) is 6.18. The van der Waals surface area contributed by atoms with Gasteiger partial charge in [0.25, 0.3) is 0 Å². The second-order valence-corrected chi connectivity index (χ2v) is 7.56. The minimum atomic E-state index is -3.31. The van der Waals surface area contributed by atoms with Gasteiger partial charge in [0.1, 0.15) is 6.04 Å². The molecule has 0 aliphatic rings. The number of nitrogens with zero attached hydrogens (tertiary/aromatic N) is 1. The van der Waals surface area contributed by atoms with Crippen LogP contribution in [0.25, 0.3) is 0 Å². The van der Waals surface area contributed by atoms with Crippen molar-refractivity contribution in [3.05, 3.63) is 0 Å². The van der Waals surface area contributed by atoms with Gasteiger partial charge in [0, 0.05) is 20.8 Å². The summed E-state index contributed by atoms with van der Waals surface area (Å²) in [5.41, 5.74) is 0. The Morgan fingerprint density at radius 2 is 1.54 bits per heavy atom. The van der Waals surface area contributed by atoms with Crippen LogP contribution in [0.2, 0.25) is 0 Å². The lowest BCUT2D eigenvalue weighted by Gasteiger charge is -2.39. The molecular formula is C15H31NO7Si. The second-order valence-electron chi connectivity index (χ2n) is 4.84. The third-order valence-electron chi connectivity index (χ3n) is 3.26. The lowest BCUT2D eigenvalue weighted by atomic mass is 10.2. The van der Waals surface area contributed by atoms with Crippen LogP contribution in [0, 0.1) is 0 Å². The summed E-state index contributed by atoms with van der Waals surface area (Å²) in [4.78, 5) is 24.4. The van der Waals surface area contributed by atoms with Crippen LogP contribution < -0.4 is 0 Å². The van der Waals surface area contributed by atoms with Crippen LogP contribution in [0.1, 0.15) is 40.5 Å². The Bertz CT molecular complexity index is 377. The lowest BCUT2D eigenvalue weighted by Crippen LogP contribution is -2.65. The predicted octanol–water partition coefficient (Wildman–Crippen LogP) is 1.35. The summed E-state index contributed by atoms with van der Waals surface area (Å²) in [6, 6.07) is -0.887. The predicted molar refractivity (Wildman–Crippen MR) is 90.1 cm³/mol. The zero-order chi connectivity index (χ0) is 18.6. The SMILES string of the molecule is CCCN(C(CC(=O)OCC)C(=O)OCC)[Si](OC)(OC)OCC. The highest BCUT2D eigenvalue weighted by Crippen LogP contribution is 2.21. The van der Waals surface area contributed by atoms with E-state index in [9.17, 15) is 9.59 Å². The Balaban J connectivity index is 5.71. The van der Waals surface area contributed by atoms with Gasteiger partial charge in [0.15, 0.2) is 0 Å². The molecule has 0 aliphatic carbocycles. The molecule has 0 aromatic heterocycles. The van der Waals surface area contributed by atoms with E-state index in [2.05, 4.69) is 0 Å². The molecule has 8 nitrogen and oxygen atoms in total. The van der Waals surface area contributed by atoms with Crippen molar-refractivity contribution in [3.8, 4) is 0 Å². The van der Waals surface area contributed by atoms with Gasteiger partial charge in [-0.25, -0.2) is 4.57 Å². The van der Waals surface area contributed by atoms with Gasteiger partial charge in [0.2, 0.25) is 0 Å². The van der Waals surface area contributed by atoms with E-state index >= 15 is 0 Å². The van der Waals surface area contributed by atoms with Crippen LogP contribution in [-0.2, 0) is 32.3 Å². The Kier molecular flexibility index (Phi) is 11.9. The number of rotatable bonds is 13. The zero-order valence-corrected chi connectivity index (χ0v) is 16.6. The quantitative estimate of drug-likeness (QED) is 0.357. The van der Waals surface area contributed by atoms with Crippen molar-refractivity contribution in [2.45, 2.75) is 46.6 Å². The van der Waals surface area contributed by atoms with E-state index in [0.29, 0.717) is 19.6 Å². The van der Waals surface area contributed by atoms with Gasteiger partial charge in [-0.1, -0.05) is 6.92 Å². The number of esters is 2. The van der Waals surface area contributed by atoms with Crippen LogP contribution in [0.4, 0.5) is 0 Å². The molecule has 0 radical (unpaired) electrons. The fraction of sp³-hybridized carbons (Fsp3) is 0.867. The maximum Gasteiger partial charge on any atom is 0.599 e. The molecule has 0 fully saturated rings. The van der Waals surface area contributed by atoms with Crippen molar-refractivity contribution in [2.24, 2.45) is 0 Å². The molecule has 0 saturated carbocycles. The number of hydrogen-bond acceptors (Lipinski definition) is 8. The number of carbonyl (C=O) groups excluding carboxylic acids is 2. The molecule has 0 N–H and O–H groups in total. The van der Waals surface area contributed by atoms with Crippen molar-refractivity contribution < 1.29 is 32.3 Å².